The summed E-state index contributed by atoms with van der Waals surface area (Å²) in [5, 5.41) is 6.13. The van der Waals surface area contributed by atoms with Crippen molar-refractivity contribution in [1.82, 2.24) is 10.6 Å². The second-order valence-corrected chi connectivity index (χ2v) is 4.77. The van der Waals surface area contributed by atoms with Gasteiger partial charge in [0.1, 0.15) is 5.75 Å². The maximum absolute atomic E-state index is 11.6. The van der Waals surface area contributed by atoms with Crippen molar-refractivity contribution in [2.75, 3.05) is 19.7 Å². The lowest BCUT2D eigenvalue weighted by Crippen LogP contribution is -2.39. The van der Waals surface area contributed by atoms with E-state index in [9.17, 15) is 9.59 Å². The summed E-state index contributed by atoms with van der Waals surface area (Å²) < 4.78 is 5.33. The monoisotopic (exact) mass is 277 g/mol. The minimum Gasteiger partial charge on any atom is -0.484 e. The van der Waals surface area contributed by atoms with Gasteiger partial charge in [-0.1, -0.05) is 0 Å². The Labute approximate surface area is 117 Å². The number of benzene rings is 1. The van der Waals surface area contributed by atoms with Gasteiger partial charge in [-0.3, -0.25) is 9.59 Å². The van der Waals surface area contributed by atoms with Gasteiger partial charge in [0.2, 0.25) is 5.91 Å². The van der Waals surface area contributed by atoms with Gasteiger partial charge < -0.3 is 21.1 Å². The van der Waals surface area contributed by atoms with Gasteiger partial charge in [0, 0.05) is 18.2 Å². The van der Waals surface area contributed by atoms with Gasteiger partial charge in [-0.05, 0) is 43.7 Å². The molecule has 2 rings (SSSR count). The molecule has 1 aromatic carbocycles. The van der Waals surface area contributed by atoms with E-state index in [-0.39, 0.29) is 12.5 Å². The van der Waals surface area contributed by atoms with Crippen molar-refractivity contribution >= 4 is 11.8 Å². The number of rotatable bonds is 6. The third-order valence-corrected chi connectivity index (χ3v) is 3.22. The standard InChI is InChI=1S/C14H19N3O3/c15-14(19)10-3-5-12(6-4-10)20-9-13(18)17-8-11-2-1-7-16-11/h3-6,11,16H,1-2,7-9H2,(H2,15,19)(H,17,18). The summed E-state index contributed by atoms with van der Waals surface area (Å²) >= 11 is 0. The predicted molar refractivity (Wildman–Crippen MR) is 74.5 cm³/mol. The molecule has 0 aromatic heterocycles. The van der Waals surface area contributed by atoms with Crippen LogP contribution in [0.1, 0.15) is 23.2 Å². The molecule has 0 aliphatic carbocycles. The van der Waals surface area contributed by atoms with Crippen LogP contribution < -0.4 is 21.1 Å². The number of carbonyl (C=O) groups excluding carboxylic acids is 2. The number of nitrogens with two attached hydrogens (primary N) is 1. The van der Waals surface area contributed by atoms with Crippen LogP contribution in [0.4, 0.5) is 0 Å². The second-order valence-electron chi connectivity index (χ2n) is 4.77. The zero-order valence-corrected chi connectivity index (χ0v) is 11.2. The average molecular weight is 277 g/mol. The second kappa shape index (κ2) is 6.91. The lowest BCUT2D eigenvalue weighted by Gasteiger charge is -2.12. The fraction of sp³-hybridized carbons (Fsp3) is 0.429. The van der Waals surface area contributed by atoms with Crippen molar-refractivity contribution < 1.29 is 14.3 Å². The molecule has 1 heterocycles. The molecule has 1 saturated heterocycles. The first kappa shape index (κ1) is 14.3. The van der Waals surface area contributed by atoms with Gasteiger partial charge in [0.15, 0.2) is 6.61 Å². The highest BCUT2D eigenvalue weighted by atomic mass is 16.5. The summed E-state index contributed by atoms with van der Waals surface area (Å²) in [6, 6.07) is 6.74. The van der Waals surface area contributed by atoms with Crippen molar-refractivity contribution in [3.63, 3.8) is 0 Å². The van der Waals surface area contributed by atoms with E-state index < -0.39 is 5.91 Å². The van der Waals surface area contributed by atoms with Gasteiger partial charge >= 0.3 is 0 Å². The smallest absolute Gasteiger partial charge is 0.257 e. The third-order valence-electron chi connectivity index (χ3n) is 3.22. The number of hydrogen-bond acceptors (Lipinski definition) is 4. The van der Waals surface area contributed by atoms with E-state index in [1.807, 2.05) is 0 Å². The molecule has 1 aliphatic heterocycles. The molecule has 6 nitrogen and oxygen atoms in total. The Morgan fingerprint density at radius 2 is 2.10 bits per heavy atom. The third kappa shape index (κ3) is 4.24. The van der Waals surface area contributed by atoms with Crippen molar-refractivity contribution in [2.24, 2.45) is 5.73 Å². The van der Waals surface area contributed by atoms with Crippen LogP contribution in [0.2, 0.25) is 0 Å². The number of nitrogens with one attached hydrogen (secondary N) is 2. The highest BCUT2D eigenvalue weighted by Crippen LogP contribution is 2.11. The van der Waals surface area contributed by atoms with Crippen LogP contribution in [0.5, 0.6) is 5.75 Å². The number of amides is 2. The molecule has 108 valence electrons. The van der Waals surface area contributed by atoms with Crippen LogP contribution in [0.3, 0.4) is 0 Å². The summed E-state index contributed by atoms with van der Waals surface area (Å²) in [4.78, 5) is 22.5. The summed E-state index contributed by atoms with van der Waals surface area (Å²) in [6.45, 7) is 1.61. The van der Waals surface area contributed by atoms with Crippen molar-refractivity contribution in [3.05, 3.63) is 29.8 Å². The van der Waals surface area contributed by atoms with E-state index in [0.717, 1.165) is 19.4 Å². The number of carbonyl (C=O) groups is 2. The summed E-state index contributed by atoms with van der Waals surface area (Å²) in [5.41, 5.74) is 5.55. The molecule has 0 spiro atoms. The summed E-state index contributed by atoms with van der Waals surface area (Å²) in [6.07, 6.45) is 2.25. The molecule has 0 bridgehead atoms. The summed E-state index contributed by atoms with van der Waals surface area (Å²) in [7, 11) is 0. The van der Waals surface area contributed by atoms with Crippen LogP contribution in [0.15, 0.2) is 24.3 Å². The SMILES string of the molecule is NC(=O)c1ccc(OCC(=O)NCC2CCCN2)cc1. The number of hydrogen-bond donors (Lipinski definition) is 3. The lowest BCUT2D eigenvalue weighted by molar-refractivity contribution is -0.123. The Morgan fingerprint density at radius 1 is 1.35 bits per heavy atom. The number of primary amides is 1. The molecule has 20 heavy (non-hydrogen) atoms. The predicted octanol–water partition coefficient (Wildman–Crippen LogP) is 0.0325. The molecular weight excluding hydrogens is 258 g/mol. The molecule has 1 fully saturated rings. The summed E-state index contributed by atoms with van der Waals surface area (Å²) in [5.74, 6) is -0.111. The molecule has 1 atom stereocenters. The van der Waals surface area contributed by atoms with E-state index in [2.05, 4.69) is 10.6 Å². The Balaban J connectivity index is 1.70. The normalized spacial score (nSPS) is 17.7. The minimum atomic E-state index is -0.488. The fourth-order valence-corrected chi connectivity index (χ4v) is 2.08. The van der Waals surface area contributed by atoms with Crippen molar-refractivity contribution in [1.29, 1.82) is 0 Å². The zero-order chi connectivity index (χ0) is 14.4. The van der Waals surface area contributed by atoms with Crippen molar-refractivity contribution in [2.45, 2.75) is 18.9 Å². The van der Waals surface area contributed by atoms with Crippen molar-refractivity contribution in [3.8, 4) is 5.75 Å². The van der Waals surface area contributed by atoms with E-state index in [0.29, 0.717) is 23.9 Å². The Morgan fingerprint density at radius 3 is 2.70 bits per heavy atom. The lowest BCUT2D eigenvalue weighted by atomic mass is 10.2. The number of ether oxygens (including phenoxy) is 1. The highest BCUT2D eigenvalue weighted by Gasteiger charge is 2.14. The quantitative estimate of drug-likeness (QED) is 0.684. The molecule has 6 heteroatoms. The van der Waals surface area contributed by atoms with E-state index in [1.54, 1.807) is 24.3 Å². The van der Waals surface area contributed by atoms with Gasteiger partial charge in [-0.2, -0.15) is 0 Å². The fourth-order valence-electron chi connectivity index (χ4n) is 2.08. The van der Waals surface area contributed by atoms with Crippen LogP contribution >= 0.6 is 0 Å². The molecule has 0 radical (unpaired) electrons. The zero-order valence-electron chi connectivity index (χ0n) is 11.2. The first-order valence-corrected chi connectivity index (χ1v) is 6.68. The van der Waals surface area contributed by atoms with E-state index in [4.69, 9.17) is 10.5 Å². The molecule has 1 unspecified atom stereocenters. The topological polar surface area (TPSA) is 93.5 Å². The van der Waals surface area contributed by atoms with E-state index >= 15 is 0 Å². The van der Waals surface area contributed by atoms with Crippen LogP contribution in [0.25, 0.3) is 0 Å². The van der Waals surface area contributed by atoms with Gasteiger partial charge in [0.25, 0.3) is 5.91 Å². The first-order valence-electron chi connectivity index (χ1n) is 6.68. The average Bonchev–Trinajstić information content (AvgIpc) is 2.96. The highest BCUT2D eigenvalue weighted by molar-refractivity contribution is 5.92. The molecule has 0 saturated carbocycles. The van der Waals surface area contributed by atoms with Gasteiger partial charge in [-0.15, -0.1) is 0 Å². The van der Waals surface area contributed by atoms with Crippen LogP contribution in [-0.2, 0) is 4.79 Å². The molecular formula is C14H19N3O3. The first-order chi connectivity index (χ1) is 9.65. The maximum Gasteiger partial charge on any atom is 0.257 e. The molecule has 2 amide bonds. The largest absolute Gasteiger partial charge is 0.484 e. The minimum absolute atomic E-state index is 0.0390. The van der Waals surface area contributed by atoms with Crippen LogP contribution in [-0.4, -0.2) is 37.6 Å². The molecule has 1 aromatic rings. The Bertz CT molecular complexity index is 467. The molecule has 4 N–H and O–H groups in total. The Hall–Kier alpha value is -2.08. The molecule has 1 aliphatic rings. The van der Waals surface area contributed by atoms with Crippen LogP contribution in [0, 0.1) is 0 Å². The Kier molecular flexibility index (Phi) is 4.95. The van der Waals surface area contributed by atoms with Gasteiger partial charge in [0.05, 0.1) is 0 Å². The van der Waals surface area contributed by atoms with Gasteiger partial charge in [-0.25, -0.2) is 0 Å². The van der Waals surface area contributed by atoms with E-state index in [1.165, 1.54) is 0 Å². The maximum atomic E-state index is 11.6.